The summed E-state index contributed by atoms with van der Waals surface area (Å²) < 4.78 is 53.2. The van der Waals surface area contributed by atoms with Gasteiger partial charge in [-0.15, -0.1) is 0 Å². The minimum atomic E-state index is -3.21. The van der Waals surface area contributed by atoms with E-state index in [1.807, 2.05) is 0 Å². The third-order valence-electron chi connectivity index (χ3n) is 6.83. The molecule has 0 aromatic carbocycles. The molecule has 0 bridgehead atoms. The summed E-state index contributed by atoms with van der Waals surface area (Å²) in [4.78, 5) is 21.7. The molecule has 3 fully saturated rings. The summed E-state index contributed by atoms with van der Waals surface area (Å²) in [6.07, 6.45) is 3.67. The number of nitrogens with zero attached hydrogens (tertiary/aromatic N) is 4. The first kappa shape index (κ1) is 19.8. The maximum Gasteiger partial charge on any atom is 0.269 e. The number of alkyl halides is 2. The Hall–Kier alpha value is -2.14. The molecule has 1 saturated heterocycles. The quantitative estimate of drug-likeness (QED) is 0.765. The van der Waals surface area contributed by atoms with Crippen LogP contribution in [0.5, 0.6) is 0 Å². The molecule has 1 N–H and O–H groups in total. The first-order valence-corrected chi connectivity index (χ1v) is 12.0. The molecule has 1 aliphatic heterocycles. The molecule has 164 valence electrons. The molecule has 30 heavy (non-hydrogen) atoms. The molecule has 2 aromatic rings. The van der Waals surface area contributed by atoms with Crippen molar-refractivity contribution in [1.29, 1.82) is 0 Å². The van der Waals surface area contributed by atoms with Crippen LogP contribution in [-0.2, 0) is 15.6 Å². The van der Waals surface area contributed by atoms with E-state index < -0.39 is 27.6 Å². The highest BCUT2D eigenvalue weighted by molar-refractivity contribution is 7.88. The maximum atomic E-state index is 13.5. The van der Waals surface area contributed by atoms with E-state index >= 15 is 0 Å². The van der Waals surface area contributed by atoms with Gasteiger partial charge in [-0.3, -0.25) is 9.36 Å². The van der Waals surface area contributed by atoms with Crippen LogP contribution in [0.25, 0.3) is 11.0 Å². The molecular weight excluding hydrogens is 416 g/mol. The lowest BCUT2D eigenvalue weighted by molar-refractivity contribution is 0.148. The Bertz CT molecular complexity index is 1180. The molecular formula is C19H25F2N5O3S. The molecule has 5 rings (SSSR count). The molecule has 2 atom stereocenters. The van der Waals surface area contributed by atoms with Crippen LogP contribution in [-0.4, -0.2) is 52.6 Å². The Morgan fingerprint density at radius 1 is 1.30 bits per heavy atom. The van der Waals surface area contributed by atoms with Crippen LogP contribution in [0.1, 0.15) is 45.5 Å². The minimum absolute atomic E-state index is 0. The van der Waals surface area contributed by atoms with Gasteiger partial charge in [0.2, 0.25) is 16.0 Å². The zero-order chi connectivity index (χ0) is 21.3. The van der Waals surface area contributed by atoms with Gasteiger partial charge in [-0.1, -0.05) is 0 Å². The van der Waals surface area contributed by atoms with Crippen molar-refractivity contribution in [2.45, 2.75) is 50.1 Å². The summed E-state index contributed by atoms with van der Waals surface area (Å²) in [5.74, 6) is 0.684. The molecule has 3 heterocycles. The number of pyridine rings is 1. The van der Waals surface area contributed by atoms with Gasteiger partial charge in [0.05, 0.1) is 17.4 Å². The average molecular weight is 442 g/mol. The second kappa shape index (κ2) is 6.68. The molecule has 3 aliphatic rings. The van der Waals surface area contributed by atoms with E-state index in [4.69, 9.17) is 0 Å². The Morgan fingerprint density at radius 3 is 2.57 bits per heavy atom. The van der Waals surface area contributed by atoms with Crippen molar-refractivity contribution in [2.75, 3.05) is 24.7 Å². The molecule has 11 heteroatoms. The molecule has 2 aromatic heterocycles. The topological polar surface area (TPSA) is 97.2 Å². The summed E-state index contributed by atoms with van der Waals surface area (Å²) >= 11 is 0. The van der Waals surface area contributed by atoms with Crippen molar-refractivity contribution in [2.24, 2.45) is 5.92 Å². The summed E-state index contributed by atoms with van der Waals surface area (Å²) in [6.45, 7) is 0.828. The van der Waals surface area contributed by atoms with Crippen molar-refractivity contribution in [3.05, 3.63) is 28.2 Å². The number of aromatic nitrogens is 3. The van der Waals surface area contributed by atoms with Gasteiger partial charge in [-0.25, -0.2) is 26.5 Å². The standard InChI is InChI=1S/C19H23F2N5O3S.H2/c1-30(28,29)25-6-3-13(4-7-25)23-18-22-10-11-8-14(15(20)21)17(27)26(16(11)24-18)19-5-2-12(19)9-19;/h8,10,12-13,15H,2-7,9H2,1H3,(H,22,23,24);1H. The summed E-state index contributed by atoms with van der Waals surface area (Å²) in [5.41, 5.74) is -1.15. The number of sulfonamides is 1. The lowest BCUT2D eigenvalue weighted by atomic mass is 9.92. The van der Waals surface area contributed by atoms with Crippen molar-refractivity contribution >= 4 is 27.0 Å². The fraction of sp³-hybridized carbons (Fsp3) is 0.632. The first-order valence-electron chi connectivity index (χ1n) is 10.1. The van der Waals surface area contributed by atoms with Crippen molar-refractivity contribution in [3.63, 3.8) is 0 Å². The number of fused-ring (bicyclic) bond motifs is 2. The van der Waals surface area contributed by atoms with Gasteiger partial charge in [0.1, 0.15) is 5.65 Å². The second-order valence-corrected chi connectivity index (χ2v) is 10.6. The lowest BCUT2D eigenvalue weighted by Gasteiger charge is -2.31. The predicted molar refractivity (Wildman–Crippen MR) is 109 cm³/mol. The largest absolute Gasteiger partial charge is 0.351 e. The molecule has 2 unspecified atom stereocenters. The first-order chi connectivity index (χ1) is 14.2. The number of halogens is 2. The number of rotatable bonds is 5. The van der Waals surface area contributed by atoms with Gasteiger partial charge in [-0.2, -0.15) is 4.98 Å². The summed E-state index contributed by atoms with van der Waals surface area (Å²) in [6, 6.07) is 1.19. The van der Waals surface area contributed by atoms with Crippen LogP contribution in [0, 0.1) is 5.92 Å². The van der Waals surface area contributed by atoms with Crippen LogP contribution in [0.2, 0.25) is 0 Å². The van der Waals surface area contributed by atoms with Crippen LogP contribution in [0.3, 0.4) is 0 Å². The maximum absolute atomic E-state index is 13.5. The summed E-state index contributed by atoms with van der Waals surface area (Å²) in [5, 5.41) is 3.65. The van der Waals surface area contributed by atoms with Gasteiger partial charge >= 0.3 is 0 Å². The average Bonchev–Trinajstić information content (AvgIpc) is 3.21. The summed E-state index contributed by atoms with van der Waals surface area (Å²) in [7, 11) is -3.21. The van der Waals surface area contributed by atoms with Gasteiger partial charge in [-0.05, 0) is 44.1 Å². The van der Waals surface area contributed by atoms with Gasteiger partial charge in [0, 0.05) is 32.1 Å². The van der Waals surface area contributed by atoms with E-state index in [-0.39, 0.29) is 13.0 Å². The van der Waals surface area contributed by atoms with E-state index in [1.165, 1.54) is 27.4 Å². The van der Waals surface area contributed by atoms with Gasteiger partial charge in [0.15, 0.2) is 0 Å². The minimum Gasteiger partial charge on any atom is -0.351 e. The number of piperidine rings is 1. The zero-order valence-corrected chi connectivity index (χ0v) is 17.3. The monoisotopic (exact) mass is 441 g/mol. The van der Waals surface area contributed by atoms with E-state index in [2.05, 4.69) is 15.3 Å². The third kappa shape index (κ3) is 3.09. The fourth-order valence-electron chi connectivity index (χ4n) is 4.91. The molecule has 0 spiro atoms. The van der Waals surface area contributed by atoms with Gasteiger partial charge < -0.3 is 5.32 Å². The van der Waals surface area contributed by atoms with E-state index in [1.54, 1.807) is 0 Å². The van der Waals surface area contributed by atoms with Crippen molar-refractivity contribution < 1.29 is 18.6 Å². The number of hydrogen-bond acceptors (Lipinski definition) is 6. The van der Waals surface area contributed by atoms with Crippen LogP contribution < -0.4 is 10.9 Å². The molecule has 8 nitrogen and oxygen atoms in total. The molecule has 0 radical (unpaired) electrons. The number of hydrogen-bond donors (Lipinski definition) is 1. The van der Waals surface area contributed by atoms with Crippen molar-refractivity contribution in [3.8, 4) is 0 Å². The SMILES string of the molecule is CS(=O)(=O)N1CCC(Nc2ncc3cc(C(F)F)c(=O)n(C45CCC4C5)c3n2)CC1.[HH]. The second-order valence-electron chi connectivity index (χ2n) is 8.64. The fourth-order valence-corrected chi connectivity index (χ4v) is 5.78. The van der Waals surface area contributed by atoms with E-state index in [0.29, 0.717) is 48.8 Å². The highest BCUT2D eigenvalue weighted by Crippen LogP contribution is 2.65. The Morgan fingerprint density at radius 2 is 2.03 bits per heavy atom. The highest BCUT2D eigenvalue weighted by atomic mass is 32.2. The van der Waals surface area contributed by atoms with E-state index in [0.717, 1.165) is 19.3 Å². The van der Waals surface area contributed by atoms with Crippen molar-refractivity contribution in [1.82, 2.24) is 18.8 Å². The van der Waals surface area contributed by atoms with E-state index in [9.17, 15) is 22.0 Å². The van der Waals surface area contributed by atoms with Crippen LogP contribution >= 0.6 is 0 Å². The normalized spacial score (nSPS) is 27.1. The molecule has 2 saturated carbocycles. The third-order valence-corrected chi connectivity index (χ3v) is 8.13. The smallest absolute Gasteiger partial charge is 0.269 e. The Labute approximate surface area is 173 Å². The number of anilines is 1. The van der Waals surface area contributed by atoms with Crippen LogP contribution in [0.15, 0.2) is 17.1 Å². The number of nitrogens with one attached hydrogen (secondary N) is 1. The van der Waals surface area contributed by atoms with Crippen LogP contribution in [0.4, 0.5) is 14.7 Å². The molecule has 0 amide bonds. The van der Waals surface area contributed by atoms with Gasteiger partial charge in [0.25, 0.3) is 12.0 Å². The Kier molecular flexibility index (Phi) is 4.41. The Balaban J connectivity index is 0.00000231. The predicted octanol–water partition coefficient (Wildman–Crippen LogP) is 2.32. The molecule has 2 aliphatic carbocycles. The highest BCUT2D eigenvalue weighted by Gasteiger charge is 2.63. The zero-order valence-electron chi connectivity index (χ0n) is 16.5. The lowest BCUT2D eigenvalue weighted by Crippen LogP contribution is -2.42.